The molecule has 2 aliphatic rings. The van der Waals surface area contributed by atoms with Gasteiger partial charge in [-0.15, -0.1) is 0 Å². The number of piperidine rings is 1. The number of anilines is 1. The van der Waals surface area contributed by atoms with Gasteiger partial charge in [0.1, 0.15) is 18.2 Å². The van der Waals surface area contributed by atoms with Gasteiger partial charge in [0.15, 0.2) is 12.2 Å². The molecule has 5 rings (SSSR count). The molecule has 2 aliphatic heterocycles. The standard InChI is InChI=1S/C27H33N5O4/c1-17-25(36-16-31-17)15-35-21-6-5-18-10-23(29-13-19(18)9-21)24(33)11-20-14-30-26(12-22(20)27(28)34)32-7-3-2-4-8-32/h5-6,9,12,14,16,23-24,29,33H,2-4,7-8,10-11,13,15H2,1H3,(H2,28,34)/t23-,24+/m0/s1. The van der Waals surface area contributed by atoms with Crippen molar-refractivity contribution in [3.05, 3.63) is 70.6 Å². The maximum absolute atomic E-state index is 12.2. The molecule has 1 saturated heterocycles. The number of fused-ring (bicyclic) bond motifs is 1. The predicted molar refractivity (Wildman–Crippen MR) is 135 cm³/mol. The topological polar surface area (TPSA) is 127 Å². The van der Waals surface area contributed by atoms with Crippen molar-refractivity contribution in [1.82, 2.24) is 15.3 Å². The SMILES string of the molecule is Cc1ncoc1COc1ccc2c(c1)CN[C@H]([C@H](O)Cc1cnc(N3CCCCC3)cc1C(N)=O)C2. The van der Waals surface area contributed by atoms with Crippen LogP contribution in [0.4, 0.5) is 5.82 Å². The molecular weight excluding hydrogens is 458 g/mol. The number of benzene rings is 1. The number of aliphatic hydroxyl groups excluding tert-OH is 1. The van der Waals surface area contributed by atoms with Crippen molar-refractivity contribution >= 4 is 11.7 Å². The number of carbonyl (C=O) groups is 1. The van der Waals surface area contributed by atoms with Gasteiger partial charge in [-0.25, -0.2) is 9.97 Å². The first-order chi connectivity index (χ1) is 17.5. The maximum Gasteiger partial charge on any atom is 0.249 e. The number of nitrogens with two attached hydrogens (primary N) is 1. The third-order valence-electron chi connectivity index (χ3n) is 7.20. The zero-order chi connectivity index (χ0) is 25.1. The first-order valence-electron chi connectivity index (χ1n) is 12.6. The molecule has 3 aromatic rings. The lowest BCUT2D eigenvalue weighted by molar-refractivity contribution is 0.0995. The second kappa shape index (κ2) is 10.7. The Hall–Kier alpha value is -3.43. The van der Waals surface area contributed by atoms with E-state index in [9.17, 15) is 9.90 Å². The Kier molecular flexibility index (Phi) is 7.20. The summed E-state index contributed by atoms with van der Waals surface area (Å²) in [4.78, 5) is 23.1. The summed E-state index contributed by atoms with van der Waals surface area (Å²) in [7, 11) is 0. The fourth-order valence-corrected chi connectivity index (χ4v) is 5.02. The summed E-state index contributed by atoms with van der Waals surface area (Å²) in [5.41, 5.74) is 9.93. The summed E-state index contributed by atoms with van der Waals surface area (Å²) in [5.74, 6) is 1.76. The second-order valence-corrected chi connectivity index (χ2v) is 9.65. The Morgan fingerprint density at radius 3 is 2.83 bits per heavy atom. The smallest absolute Gasteiger partial charge is 0.249 e. The van der Waals surface area contributed by atoms with Crippen LogP contribution in [-0.2, 0) is 26.0 Å². The predicted octanol–water partition coefficient (Wildman–Crippen LogP) is 2.66. The summed E-state index contributed by atoms with van der Waals surface area (Å²) in [6.45, 7) is 4.70. The van der Waals surface area contributed by atoms with E-state index in [0.717, 1.165) is 54.3 Å². The first-order valence-corrected chi connectivity index (χ1v) is 12.6. The number of primary amides is 1. The molecule has 9 heteroatoms. The number of nitrogens with zero attached hydrogens (tertiary/aromatic N) is 3. The Bertz CT molecular complexity index is 1220. The number of oxazole rings is 1. The van der Waals surface area contributed by atoms with Crippen LogP contribution in [0, 0.1) is 6.92 Å². The zero-order valence-electron chi connectivity index (χ0n) is 20.6. The van der Waals surface area contributed by atoms with E-state index >= 15 is 0 Å². The summed E-state index contributed by atoms with van der Waals surface area (Å²) >= 11 is 0. The fourth-order valence-electron chi connectivity index (χ4n) is 5.02. The van der Waals surface area contributed by atoms with Gasteiger partial charge in [0.05, 0.1) is 11.8 Å². The molecule has 4 N–H and O–H groups in total. The van der Waals surface area contributed by atoms with Crippen LogP contribution >= 0.6 is 0 Å². The van der Waals surface area contributed by atoms with Crippen LogP contribution in [0.3, 0.4) is 0 Å². The molecule has 36 heavy (non-hydrogen) atoms. The van der Waals surface area contributed by atoms with Gasteiger partial charge < -0.3 is 30.2 Å². The Morgan fingerprint density at radius 2 is 2.08 bits per heavy atom. The number of pyridine rings is 1. The molecule has 1 fully saturated rings. The van der Waals surface area contributed by atoms with Crippen LogP contribution in [0.1, 0.15) is 57.8 Å². The number of aryl methyl sites for hydroxylation is 1. The van der Waals surface area contributed by atoms with Crippen molar-refractivity contribution < 1.29 is 19.1 Å². The largest absolute Gasteiger partial charge is 0.486 e. The van der Waals surface area contributed by atoms with Crippen molar-refractivity contribution in [1.29, 1.82) is 0 Å². The minimum Gasteiger partial charge on any atom is -0.486 e. The summed E-state index contributed by atoms with van der Waals surface area (Å²) in [6.07, 6.45) is 6.86. The van der Waals surface area contributed by atoms with Crippen molar-refractivity contribution in [3.8, 4) is 5.75 Å². The maximum atomic E-state index is 12.2. The molecule has 0 unspecified atom stereocenters. The van der Waals surface area contributed by atoms with Crippen LogP contribution in [0.25, 0.3) is 0 Å². The normalized spacial score (nSPS) is 18.5. The number of ether oxygens (including phenoxy) is 1. The number of hydrogen-bond acceptors (Lipinski definition) is 8. The third kappa shape index (κ3) is 5.37. The Morgan fingerprint density at radius 1 is 1.25 bits per heavy atom. The van der Waals surface area contributed by atoms with Crippen molar-refractivity contribution in [2.24, 2.45) is 5.73 Å². The highest BCUT2D eigenvalue weighted by molar-refractivity contribution is 5.95. The molecule has 2 aromatic heterocycles. The van der Waals surface area contributed by atoms with Gasteiger partial charge in [-0.3, -0.25) is 4.79 Å². The van der Waals surface area contributed by atoms with Crippen molar-refractivity contribution in [2.75, 3.05) is 18.0 Å². The highest BCUT2D eigenvalue weighted by atomic mass is 16.5. The molecule has 0 spiro atoms. The molecule has 2 atom stereocenters. The molecule has 1 amide bonds. The highest BCUT2D eigenvalue weighted by Gasteiger charge is 2.27. The number of hydrogen-bond donors (Lipinski definition) is 3. The molecule has 0 saturated carbocycles. The minimum atomic E-state index is -0.691. The van der Waals surface area contributed by atoms with E-state index in [1.165, 1.54) is 12.8 Å². The van der Waals surface area contributed by atoms with Crippen LogP contribution in [0.15, 0.2) is 41.3 Å². The summed E-state index contributed by atoms with van der Waals surface area (Å²) < 4.78 is 11.2. The van der Waals surface area contributed by atoms with E-state index in [1.807, 2.05) is 25.1 Å². The molecule has 1 aromatic carbocycles. The van der Waals surface area contributed by atoms with E-state index < -0.39 is 12.0 Å². The summed E-state index contributed by atoms with van der Waals surface area (Å²) in [6, 6.07) is 7.63. The third-order valence-corrected chi connectivity index (χ3v) is 7.20. The number of aliphatic hydroxyl groups is 1. The second-order valence-electron chi connectivity index (χ2n) is 9.65. The lowest BCUT2D eigenvalue weighted by Gasteiger charge is -2.31. The van der Waals surface area contributed by atoms with E-state index in [2.05, 4.69) is 20.2 Å². The Balaban J connectivity index is 1.23. The minimum absolute atomic E-state index is 0.149. The average Bonchev–Trinajstić information content (AvgIpc) is 3.32. The highest BCUT2D eigenvalue weighted by Crippen LogP contribution is 2.26. The fraction of sp³-hybridized carbons (Fsp3) is 0.444. The molecule has 4 heterocycles. The number of amides is 1. The van der Waals surface area contributed by atoms with Gasteiger partial charge in [-0.2, -0.15) is 0 Å². The van der Waals surface area contributed by atoms with E-state index in [4.69, 9.17) is 14.9 Å². The van der Waals surface area contributed by atoms with Gasteiger partial charge in [0.25, 0.3) is 0 Å². The van der Waals surface area contributed by atoms with Gasteiger partial charge in [-0.05, 0) is 67.5 Å². The van der Waals surface area contributed by atoms with Gasteiger partial charge in [-0.1, -0.05) is 6.07 Å². The van der Waals surface area contributed by atoms with Crippen molar-refractivity contribution in [3.63, 3.8) is 0 Å². The lowest BCUT2D eigenvalue weighted by Crippen LogP contribution is -2.45. The molecule has 0 bridgehead atoms. The van der Waals surface area contributed by atoms with Crippen molar-refractivity contribution in [2.45, 2.75) is 64.3 Å². The molecule has 190 valence electrons. The molecule has 0 radical (unpaired) electrons. The van der Waals surface area contributed by atoms with Gasteiger partial charge in [0, 0.05) is 43.9 Å². The van der Waals surface area contributed by atoms with Crippen LogP contribution < -0.4 is 20.7 Å². The van der Waals surface area contributed by atoms with Crippen LogP contribution in [0.5, 0.6) is 5.75 Å². The zero-order valence-corrected chi connectivity index (χ0v) is 20.6. The van der Waals surface area contributed by atoms with Crippen LogP contribution in [-0.4, -0.2) is 46.2 Å². The lowest BCUT2D eigenvalue weighted by atomic mass is 9.90. The number of carbonyl (C=O) groups excluding carboxylic acids is 1. The average molecular weight is 492 g/mol. The van der Waals surface area contributed by atoms with Gasteiger partial charge in [0.2, 0.25) is 5.91 Å². The molecule has 9 nitrogen and oxygen atoms in total. The summed E-state index contributed by atoms with van der Waals surface area (Å²) in [5, 5.41) is 14.5. The number of rotatable bonds is 8. The first kappa shape index (κ1) is 24.3. The van der Waals surface area contributed by atoms with Crippen LogP contribution in [0.2, 0.25) is 0 Å². The number of aromatic nitrogens is 2. The quantitative estimate of drug-likeness (QED) is 0.439. The van der Waals surface area contributed by atoms with E-state index in [-0.39, 0.29) is 6.04 Å². The molecular formula is C27H33N5O4. The molecule has 0 aliphatic carbocycles. The van der Waals surface area contributed by atoms with E-state index in [1.54, 1.807) is 12.3 Å². The Labute approximate surface area is 210 Å². The monoisotopic (exact) mass is 491 g/mol. The number of nitrogens with one attached hydrogen (secondary N) is 1. The van der Waals surface area contributed by atoms with Gasteiger partial charge >= 0.3 is 0 Å². The van der Waals surface area contributed by atoms with E-state index in [0.29, 0.717) is 42.9 Å².